The first-order valence-electron chi connectivity index (χ1n) is 5.39. The highest BCUT2D eigenvalue weighted by Gasteiger charge is 2.10. The van der Waals surface area contributed by atoms with Gasteiger partial charge in [-0.1, -0.05) is 6.07 Å². The molecule has 0 amide bonds. The summed E-state index contributed by atoms with van der Waals surface area (Å²) < 4.78 is 26.0. The van der Waals surface area contributed by atoms with E-state index in [1.807, 2.05) is 6.07 Å². The zero-order chi connectivity index (χ0) is 13.8. The molecule has 0 aliphatic carbocycles. The second kappa shape index (κ2) is 5.27. The van der Waals surface area contributed by atoms with E-state index in [1.165, 1.54) is 12.3 Å². The fourth-order valence-corrected chi connectivity index (χ4v) is 1.60. The van der Waals surface area contributed by atoms with E-state index in [0.717, 1.165) is 12.1 Å². The average Bonchev–Trinajstić information content (AvgIpc) is 2.44. The molecular formula is C14H9F2N3. The molecule has 2 aromatic rings. The molecule has 94 valence electrons. The summed E-state index contributed by atoms with van der Waals surface area (Å²) in [6, 6.07) is 8.52. The Morgan fingerprint density at radius 1 is 1.16 bits per heavy atom. The van der Waals surface area contributed by atoms with Crippen LogP contribution >= 0.6 is 0 Å². The van der Waals surface area contributed by atoms with Gasteiger partial charge in [-0.25, -0.2) is 8.78 Å². The van der Waals surface area contributed by atoms with Crippen LogP contribution in [0.5, 0.6) is 0 Å². The van der Waals surface area contributed by atoms with Crippen molar-refractivity contribution >= 4 is 11.3 Å². The minimum absolute atomic E-state index is 0.0781. The fraction of sp³-hybridized carbons (Fsp3) is 0. The molecule has 0 aliphatic heterocycles. The van der Waals surface area contributed by atoms with Crippen LogP contribution in [0.4, 0.5) is 8.78 Å². The normalized spacial score (nSPS) is 11.6. The zero-order valence-corrected chi connectivity index (χ0v) is 9.77. The lowest BCUT2D eigenvalue weighted by Crippen LogP contribution is -2.02. The number of nitriles is 1. The summed E-state index contributed by atoms with van der Waals surface area (Å²) in [5.74, 6) is -1.97. The molecular weight excluding hydrogens is 248 g/mol. The van der Waals surface area contributed by atoms with Gasteiger partial charge in [0.2, 0.25) is 0 Å². The molecule has 2 N–H and O–H groups in total. The minimum atomic E-state index is -1.01. The van der Waals surface area contributed by atoms with E-state index in [4.69, 9.17) is 11.0 Å². The Hall–Kier alpha value is -2.74. The summed E-state index contributed by atoms with van der Waals surface area (Å²) in [6.07, 6.45) is 3.04. The van der Waals surface area contributed by atoms with E-state index in [0.29, 0.717) is 5.56 Å². The predicted molar refractivity (Wildman–Crippen MR) is 67.2 cm³/mol. The summed E-state index contributed by atoms with van der Waals surface area (Å²) in [5.41, 5.74) is 6.85. The lowest BCUT2D eigenvalue weighted by molar-refractivity contribution is 0.508. The zero-order valence-electron chi connectivity index (χ0n) is 9.77. The second-order valence-corrected chi connectivity index (χ2v) is 3.77. The third-order valence-electron chi connectivity index (χ3n) is 2.56. The van der Waals surface area contributed by atoms with Crippen molar-refractivity contribution in [1.29, 1.82) is 5.26 Å². The van der Waals surface area contributed by atoms with Gasteiger partial charge in [0, 0.05) is 23.5 Å². The Labute approximate surface area is 108 Å². The van der Waals surface area contributed by atoms with Gasteiger partial charge in [0.05, 0.1) is 11.3 Å². The number of aromatic nitrogens is 1. The third-order valence-corrected chi connectivity index (χ3v) is 2.56. The molecule has 3 nitrogen and oxygen atoms in total. The van der Waals surface area contributed by atoms with Crippen molar-refractivity contribution in [1.82, 2.24) is 4.98 Å². The molecule has 19 heavy (non-hydrogen) atoms. The minimum Gasteiger partial charge on any atom is -0.397 e. The molecule has 0 saturated carbocycles. The van der Waals surface area contributed by atoms with Crippen LogP contribution in [-0.2, 0) is 0 Å². The molecule has 1 heterocycles. The molecule has 0 bridgehead atoms. The van der Waals surface area contributed by atoms with Crippen LogP contribution in [0.15, 0.2) is 42.7 Å². The van der Waals surface area contributed by atoms with Gasteiger partial charge in [-0.3, -0.25) is 4.98 Å². The summed E-state index contributed by atoms with van der Waals surface area (Å²) >= 11 is 0. The van der Waals surface area contributed by atoms with Gasteiger partial charge in [0.15, 0.2) is 11.6 Å². The largest absolute Gasteiger partial charge is 0.397 e. The topological polar surface area (TPSA) is 62.7 Å². The van der Waals surface area contributed by atoms with E-state index in [1.54, 1.807) is 18.3 Å². The molecule has 0 unspecified atom stereocenters. The number of nitrogens with zero attached hydrogens (tertiary/aromatic N) is 2. The van der Waals surface area contributed by atoms with Crippen molar-refractivity contribution in [2.45, 2.75) is 0 Å². The van der Waals surface area contributed by atoms with Gasteiger partial charge in [0.1, 0.15) is 6.07 Å². The van der Waals surface area contributed by atoms with Crippen molar-refractivity contribution in [3.63, 3.8) is 0 Å². The summed E-state index contributed by atoms with van der Waals surface area (Å²) in [6.45, 7) is 0. The second-order valence-electron chi connectivity index (χ2n) is 3.77. The van der Waals surface area contributed by atoms with Crippen molar-refractivity contribution in [3.05, 3.63) is 65.5 Å². The van der Waals surface area contributed by atoms with Crippen molar-refractivity contribution in [3.8, 4) is 6.07 Å². The van der Waals surface area contributed by atoms with Crippen LogP contribution in [-0.4, -0.2) is 4.98 Å². The summed E-state index contributed by atoms with van der Waals surface area (Å²) in [5, 5.41) is 9.15. The first-order chi connectivity index (χ1) is 9.13. The Kier molecular flexibility index (Phi) is 3.53. The number of hydrogen-bond acceptors (Lipinski definition) is 3. The number of rotatable bonds is 2. The highest BCUT2D eigenvalue weighted by Crippen LogP contribution is 2.22. The Morgan fingerprint density at radius 2 is 1.95 bits per heavy atom. The Bertz CT molecular complexity index is 673. The van der Waals surface area contributed by atoms with Crippen LogP contribution in [0.3, 0.4) is 0 Å². The number of halogens is 2. The van der Waals surface area contributed by atoms with E-state index in [-0.39, 0.29) is 16.8 Å². The summed E-state index contributed by atoms with van der Waals surface area (Å²) in [4.78, 5) is 3.89. The highest BCUT2D eigenvalue weighted by molar-refractivity contribution is 5.95. The van der Waals surface area contributed by atoms with Crippen LogP contribution in [0.25, 0.3) is 11.3 Å². The van der Waals surface area contributed by atoms with Crippen molar-refractivity contribution in [2.75, 3.05) is 0 Å². The highest BCUT2D eigenvalue weighted by atomic mass is 19.2. The van der Waals surface area contributed by atoms with E-state index >= 15 is 0 Å². The fourth-order valence-electron chi connectivity index (χ4n) is 1.60. The van der Waals surface area contributed by atoms with E-state index in [2.05, 4.69) is 4.98 Å². The standard InChI is InChI=1S/C14H9F2N3/c15-12-4-3-9(6-13(12)16)14(18)11(7-17)10-2-1-5-19-8-10/h1-6,8H,18H2/b14-11-. The molecule has 1 aromatic carbocycles. The monoisotopic (exact) mass is 257 g/mol. The SMILES string of the molecule is N#C/C(=C(/N)c1ccc(F)c(F)c1)c1cccnc1. The Balaban J connectivity index is 2.56. The van der Waals surface area contributed by atoms with E-state index in [9.17, 15) is 8.78 Å². The van der Waals surface area contributed by atoms with Crippen LogP contribution < -0.4 is 5.73 Å². The molecule has 0 atom stereocenters. The predicted octanol–water partition coefficient (Wildman–Crippen LogP) is 2.71. The number of allylic oxidation sites excluding steroid dienone is 1. The molecule has 2 rings (SSSR count). The third kappa shape index (κ3) is 2.58. The maximum Gasteiger partial charge on any atom is 0.159 e. The number of benzene rings is 1. The van der Waals surface area contributed by atoms with Crippen molar-refractivity contribution in [2.24, 2.45) is 5.73 Å². The quantitative estimate of drug-likeness (QED) is 0.841. The van der Waals surface area contributed by atoms with Crippen LogP contribution in [0.1, 0.15) is 11.1 Å². The van der Waals surface area contributed by atoms with Gasteiger partial charge in [-0.05, 0) is 24.3 Å². The number of hydrogen-bond donors (Lipinski definition) is 1. The van der Waals surface area contributed by atoms with E-state index < -0.39 is 11.6 Å². The summed E-state index contributed by atoms with van der Waals surface area (Å²) in [7, 11) is 0. The molecule has 0 radical (unpaired) electrons. The molecule has 0 saturated heterocycles. The Morgan fingerprint density at radius 3 is 2.53 bits per heavy atom. The molecule has 5 heteroatoms. The first kappa shape index (κ1) is 12.7. The van der Waals surface area contributed by atoms with Gasteiger partial charge < -0.3 is 5.73 Å². The lowest BCUT2D eigenvalue weighted by Gasteiger charge is -2.06. The van der Waals surface area contributed by atoms with Crippen molar-refractivity contribution < 1.29 is 8.78 Å². The molecule has 1 aromatic heterocycles. The average molecular weight is 257 g/mol. The van der Waals surface area contributed by atoms with Gasteiger partial charge >= 0.3 is 0 Å². The van der Waals surface area contributed by atoms with Gasteiger partial charge in [-0.2, -0.15) is 5.26 Å². The maximum atomic E-state index is 13.2. The van der Waals surface area contributed by atoms with Gasteiger partial charge in [-0.15, -0.1) is 0 Å². The number of nitrogens with two attached hydrogens (primary N) is 1. The maximum absolute atomic E-state index is 13.2. The molecule has 0 spiro atoms. The number of pyridine rings is 1. The van der Waals surface area contributed by atoms with Crippen LogP contribution in [0, 0.1) is 23.0 Å². The van der Waals surface area contributed by atoms with Crippen LogP contribution in [0.2, 0.25) is 0 Å². The van der Waals surface area contributed by atoms with Gasteiger partial charge in [0.25, 0.3) is 0 Å². The smallest absolute Gasteiger partial charge is 0.159 e. The molecule has 0 fully saturated rings. The first-order valence-corrected chi connectivity index (χ1v) is 5.39. The molecule has 0 aliphatic rings. The lowest BCUT2D eigenvalue weighted by atomic mass is 10.0.